The van der Waals surface area contributed by atoms with E-state index in [0.717, 1.165) is 0 Å². The fraction of sp³-hybridized carbons (Fsp3) is 0.615. The van der Waals surface area contributed by atoms with Gasteiger partial charge in [0.15, 0.2) is 0 Å². The second kappa shape index (κ2) is 3.97. The van der Waals surface area contributed by atoms with Gasteiger partial charge in [0.05, 0.1) is 0 Å². The van der Waals surface area contributed by atoms with Crippen molar-refractivity contribution in [2.45, 2.75) is 40.8 Å². The van der Waals surface area contributed by atoms with E-state index in [1.807, 2.05) is 0 Å². The Morgan fingerprint density at radius 1 is 1.29 bits per heavy atom. The van der Waals surface area contributed by atoms with E-state index in [1.54, 1.807) is 5.17 Å². The van der Waals surface area contributed by atoms with Crippen LogP contribution in [0.25, 0.3) is 0 Å². The van der Waals surface area contributed by atoms with Crippen LogP contribution in [0, 0.1) is 11.3 Å². The van der Waals surface area contributed by atoms with Crippen molar-refractivity contribution in [2.75, 3.05) is 0 Å². The molecule has 0 fully saturated rings. The molecule has 0 nitrogen and oxygen atoms in total. The monoisotopic (exact) mass is 206 g/mol. The topological polar surface area (TPSA) is 0 Å². The van der Waals surface area contributed by atoms with Gasteiger partial charge in [0.25, 0.3) is 0 Å². The van der Waals surface area contributed by atoms with E-state index < -0.39 is 0 Å². The molecular formula is C13H22Si. The van der Waals surface area contributed by atoms with Crippen molar-refractivity contribution < 1.29 is 0 Å². The summed E-state index contributed by atoms with van der Waals surface area (Å²) in [5.41, 5.74) is 1.80. The Bertz CT molecular complexity index is 307. The molecule has 1 rings (SSSR count). The van der Waals surface area contributed by atoms with E-state index in [2.05, 4.69) is 59.0 Å². The first-order valence-electron chi connectivity index (χ1n) is 5.37. The van der Waals surface area contributed by atoms with E-state index in [-0.39, 0.29) is 8.41 Å². The van der Waals surface area contributed by atoms with Gasteiger partial charge in [0.2, 0.25) is 0 Å². The maximum absolute atomic E-state index is 2.44. The van der Waals surface area contributed by atoms with E-state index in [4.69, 9.17) is 0 Å². The maximum atomic E-state index is 2.44. The fourth-order valence-corrected chi connectivity index (χ4v) is 2.46. The van der Waals surface area contributed by atoms with Gasteiger partial charge in [-0.3, -0.25) is 0 Å². The molecule has 14 heavy (non-hydrogen) atoms. The van der Waals surface area contributed by atoms with Gasteiger partial charge in [-0.05, 0) is 17.9 Å². The molecule has 0 aromatic rings. The molecule has 1 heteroatoms. The first kappa shape index (κ1) is 11.6. The number of hydrogen-bond acceptors (Lipinski definition) is 0. The summed E-state index contributed by atoms with van der Waals surface area (Å²) in [6.07, 6.45) is 7.10. The summed E-state index contributed by atoms with van der Waals surface area (Å²) < 4.78 is 0. The third kappa shape index (κ3) is 2.54. The second-order valence-electron chi connectivity index (χ2n) is 5.44. The van der Waals surface area contributed by atoms with Crippen molar-refractivity contribution in [1.82, 2.24) is 0 Å². The largest absolute Gasteiger partial charge is 0.0825 e. The van der Waals surface area contributed by atoms with Crippen LogP contribution in [0.3, 0.4) is 0 Å². The van der Waals surface area contributed by atoms with Crippen LogP contribution in [0.1, 0.15) is 27.7 Å². The molecule has 0 radical (unpaired) electrons. The SMILES string of the molecule is CC(C1C=CC(C(C)(C)C)=C1)=[Si](C)C. The Morgan fingerprint density at radius 2 is 1.86 bits per heavy atom. The standard InChI is InChI=1S/C13H22Si/c1-10(14(5)6)11-7-8-12(9-11)13(2,3)4/h7-9,11H,1-6H3. The molecule has 0 aromatic heterocycles. The number of hydrogen-bond donors (Lipinski definition) is 0. The molecule has 0 amide bonds. The smallest absolute Gasteiger partial charge is 0.0124 e. The zero-order chi connectivity index (χ0) is 10.9. The molecule has 0 aromatic carbocycles. The molecular weight excluding hydrogens is 184 g/mol. The molecule has 78 valence electrons. The summed E-state index contributed by atoms with van der Waals surface area (Å²) in [5.74, 6) is 0.619. The molecule has 0 saturated heterocycles. The lowest BCUT2D eigenvalue weighted by Crippen LogP contribution is -2.14. The van der Waals surface area contributed by atoms with E-state index in [1.165, 1.54) is 5.57 Å². The lowest BCUT2D eigenvalue weighted by atomic mass is 9.87. The summed E-state index contributed by atoms with van der Waals surface area (Å²) in [6.45, 7) is 13.9. The van der Waals surface area contributed by atoms with Crippen molar-refractivity contribution in [3.8, 4) is 0 Å². The predicted molar refractivity (Wildman–Crippen MR) is 68.3 cm³/mol. The Morgan fingerprint density at radius 3 is 2.21 bits per heavy atom. The maximum Gasteiger partial charge on any atom is 0.0124 e. The number of rotatable bonds is 1. The minimum atomic E-state index is -0.243. The highest BCUT2D eigenvalue weighted by molar-refractivity contribution is 6.69. The average molecular weight is 206 g/mol. The van der Waals surface area contributed by atoms with Crippen LogP contribution in [-0.4, -0.2) is 13.6 Å². The minimum Gasteiger partial charge on any atom is -0.0825 e. The van der Waals surface area contributed by atoms with Crippen LogP contribution in [-0.2, 0) is 0 Å². The molecule has 0 N–H and O–H groups in total. The molecule has 0 spiro atoms. The summed E-state index contributed by atoms with van der Waals surface area (Å²) in [6, 6.07) is 0. The lowest BCUT2D eigenvalue weighted by Gasteiger charge is -2.18. The van der Waals surface area contributed by atoms with Crippen molar-refractivity contribution in [2.24, 2.45) is 11.3 Å². The molecule has 0 aliphatic heterocycles. The highest BCUT2D eigenvalue weighted by atomic mass is 28.2. The van der Waals surface area contributed by atoms with Crippen LogP contribution in [0.4, 0.5) is 0 Å². The van der Waals surface area contributed by atoms with Crippen molar-refractivity contribution in [1.29, 1.82) is 0 Å². The van der Waals surface area contributed by atoms with Crippen LogP contribution < -0.4 is 0 Å². The second-order valence-corrected chi connectivity index (χ2v) is 8.23. The van der Waals surface area contributed by atoms with E-state index >= 15 is 0 Å². The Kier molecular flexibility index (Phi) is 3.30. The van der Waals surface area contributed by atoms with Crippen molar-refractivity contribution in [3.05, 3.63) is 23.8 Å². The molecule has 0 saturated carbocycles. The summed E-state index contributed by atoms with van der Waals surface area (Å²) in [5, 5.41) is 1.67. The normalized spacial score (nSPS) is 21.0. The summed E-state index contributed by atoms with van der Waals surface area (Å²) >= 11 is 0. The fourth-order valence-electron chi connectivity index (χ4n) is 1.61. The average Bonchev–Trinajstić information content (AvgIpc) is 2.49. The predicted octanol–water partition coefficient (Wildman–Crippen LogP) is 3.67. The van der Waals surface area contributed by atoms with Gasteiger partial charge >= 0.3 is 0 Å². The summed E-state index contributed by atoms with van der Waals surface area (Å²) in [7, 11) is -0.243. The van der Waals surface area contributed by atoms with Gasteiger partial charge in [-0.15, -0.1) is 0 Å². The third-order valence-corrected chi connectivity index (χ3v) is 4.91. The highest BCUT2D eigenvalue weighted by Crippen LogP contribution is 2.32. The summed E-state index contributed by atoms with van der Waals surface area (Å²) in [4.78, 5) is 0. The highest BCUT2D eigenvalue weighted by Gasteiger charge is 2.20. The molecule has 1 aliphatic carbocycles. The molecule has 1 unspecified atom stereocenters. The molecule has 0 heterocycles. The Hall–Kier alpha value is -0.433. The van der Waals surface area contributed by atoms with Gasteiger partial charge in [-0.25, -0.2) is 0 Å². The zero-order valence-electron chi connectivity index (χ0n) is 10.3. The number of allylic oxidation sites excluding steroid dienone is 4. The Labute approximate surface area is 90.0 Å². The lowest BCUT2D eigenvalue weighted by molar-refractivity contribution is 0.517. The Balaban J connectivity index is 2.90. The molecule has 1 aliphatic rings. The van der Waals surface area contributed by atoms with Crippen LogP contribution in [0.2, 0.25) is 13.1 Å². The minimum absolute atomic E-state index is 0.243. The van der Waals surface area contributed by atoms with Crippen LogP contribution in [0.15, 0.2) is 23.8 Å². The molecule has 0 bridgehead atoms. The van der Waals surface area contributed by atoms with Crippen LogP contribution in [0.5, 0.6) is 0 Å². The van der Waals surface area contributed by atoms with Gasteiger partial charge in [-0.1, -0.05) is 57.3 Å². The van der Waals surface area contributed by atoms with Crippen LogP contribution >= 0.6 is 0 Å². The first-order chi connectivity index (χ1) is 6.32. The van der Waals surface area contributed by atoms with Gasteiger partial charge in [0, 0.05) is 14.3 Å². The van der Waals surface area contributed by atoms with E-state index in [9.17, 15) is 0 Å². The first-order valence-corrected chi connectivity index (χ1v) is 7.87. The van der Waals surface area contributed by atoms with Gasteiger partial charge in [0.1, 0.15) is 0 Å². The van der Waals surface area contributed by atoms with Crippen molar-refractivity contribution >= 4 is 13.6 Å². The van der Waals surface area contributed by atoms with Crippen molar-refractivity contribution in [3.63, 3.8) is 0 Å². The van der Waals surface area contributed by atoms with Gasteiger partial charge in [-0.2, -0.15) is 0 Å². The quantitative estimate of drug-likeness (QED) is 0.574. The van der Waals surface area contributed by atoms with E-state index in [0.29, 0.717) is 11.3 Å². The zero-order valence-corrected chi connectivity index (χ0v) is 11.3. The van der Waals surface area contributed by atoms with Gasteiger partial charge < -0.3 is 0 Å². The molecule has 1 atom stereocenters. The third-order valence-electron chi connectivity index (χ3n) is 3.00.